The molecule has 1 saturated carbocycles. The second kappa shape index (κ2) is 8.44. The summed E-state index contributed by atoms with van der Waals surface area (Å²) in [4.78, 5) is 17.0. The number of rotatable bonds is 8. The first-order valence-corrected chi connectivity index (χ1v) is 11.0. The van der Waals surface area contributed by atoms with Gasteiger partial charge in [-0.1, -0.05) is 18.2 Å². The summed E-state index contributed by atoms with van der Waals surface area (Å²) in [6, 6.07) is 6.87. The number of hydrogen-bond acceptors (Lipinski definition) is 6. The van der Waals surface area contributed by atoms with Crippen LogP contribution in [0, 0.1) is 5.92 Å². The summed E-state index contributed by atoms with van der Waals surface area (Å²) in [6.07, 6.45) is 10.3. The van der Waals surface area contributed by atoms with E-state index in [1.54, 1.807) is 6.33 Å². The predicted molar refractivity (Wildman–Crippen MR) is 122 cm³/mol. The van der Waals surface area contributed by atoms with Crippen molar-refractivity contribution in [2.75, 3.05) is 30.3 Å². The van der Waals surface area contributed by atoms with Crippen LogP contribution in [-0.2, 0) is 6.42 Å². The van der Waals surface area contributed by atoms with E-state index in [9.17, 15) is 0 Å². The van der Waals surface area contributed by atoms with Crippen LogP contribution in [0.4, 0.5) is 11.8 Å². The van der Waals surface area contributed by atoms with E-state index >= 15 is 0 Å². The Labute approximate surface area is 176 Å². The van der Waals surface area contributed by atoms with Gasteiger partial charge in [0.15, 0.2) is 0 Å². The number of H-pyrrole nitrogens is 1. The molecule has 0 saturated heterocycles. The summed E-state index contributed by atoms with van der Waals surface area (Å²) in [6.45, 7) is 4.93. The fourth-order valence-electron chi connectivity index (χ4n) is 4.13. The average Bonchev–Trinajstić information content (AvgIpc) is 3.51. The average molecular weight is 404 g/mol. The van der Waals surface area contributed by atoms with Crippen LogP contribution in [0.15, 0.2) is 36.8 Å². The van der Waals surface area contributed by atoms with Crippen molar-refractivity contribution in [3.05, 3.63) is 48.1 Å². The Morgan fingerprint density at radius 2 is 2.17 bits per heavy atom. The standard InChI is InChI=1S/C23H29N7/c1-15(16-5-6-16)28-22-20-4-2-3-19(17-7-10-24-11-8-17)21(20)29-23(30-22)26-12-9-18-13-25-14-27-18/h2-4,7,13-16,24H,5-6,8-12H2,1H3,(H,25,27)(H2,26,28,29,30)/t15-/m1/s1. The summed E-state index contributed by atoms with van der Waals surface area (Å²) >= 11 is 0. The normalized spacial score (nSPS) is 17.6. The second-order valence-electron chi connectivity index (χ2n) is 8.31. The number of para-hydroxylation sites is 1. The van der Waals surface area contributed by atoms with E-state index in [1.807, 2.05) is 6.20 Å². The number of aromatic amines is 1. The number of hydrogen-bond donors (Lipinski definition) is 4. The van der Waals surface area contributed by atoms with Crippen LogP contribution in [0.2, 0.25) is 0 Å². The largest absolute Gasteiger partial charge is 0.367 e. The highest BCUT2D eigenvalue weighted by Crippen LogP contribution is 2.36. The number of anilines is 2. The molecule has 0 spiro atoms. The zero-order valence-electron chi connectivity index (χ0n) is 17.4. The van der Waals surface area contributed by atoms with Gasteiger partial charge in [0, 0.05) is 48.4 Å². The first-order chi connectivity index (χ1) is 14.8. The molecule has 1 aliphatic carbocycles. The van der Waals surface area contributed by atoms with E-state index in [0.717, 1.165) is 60.8 Å². The molecule has 1 aliphatic heterocycles. The highest BCUT2D eigenvalue weighted by Gasteiger charge is 2.28. The minimum Gasteiger partial charge on any atom is -0.367 e. The van der Waals surface area contributed by atoms with E-state index < -0.39 is 0 Å². The molecule has 0 bridgehead atoms. The highest BCUT2D eigenvalue weighted by molar-refractivity contribution is 5.97. The Balaban J connectivity index is 1.49. The van der Waals surface area contributed by atoms with E-state index in [0.29, 0.717) is 12.0 Å². The number of benzene rings is 1. The highest BCUT2D eigenvalue weighted by atomic mass is 15.2. The number of aromatic nitrogens is 4. The van der Waals surface area contributed by atoms with Crippen molar-refractivity contribution in [2.24, 2.45) is 5.92 Å². The van der Waals surface area contributed by atoms with Gasteiger partial charge in [-0.3, -0.25) is 0 Å². The Hall–Kier alpha value is -2.93. The molecular weight excluding hydrogens is 374 g/mol. The summed E-state index contributed by atoms with van der Waals surface area (Å²) < 4.78 is 0. The molecule has 2 aliphatic rings. The first kappa shape index (κ1) is 19.1. The van der Waals surface area contributed by atoms with E-state index in [-0.39, 0.29) is 0 Å². The van der Waals surface area contributed by atoms with Gasteiger partial charge in [0.1, 0.15) is 5.82 Å². The molecule has 1 atom stereocenters. The zero-order chi connectivity index (χ0) is 20.3. The van der Waals surface area contributed by atoms with Gasteiger partial charge in [-0.15, -0.1) is 0 Å². The third kappa shape index (κ3) is 4.16. The number of imidazole rings is 1. The molecule has 5 rings (SSSR count). The number of fused-ring (bicyclic) bond motifs is 1. The Morgan fingerprint density at radius 3 is 2.93 bits per heavy atom. The molecule has 0 unspecified atom stereocenters. The quantitative estimate of drug-likeness (QED) is 0.460. The molecule has 1 aromatic carbocycles. The van der Waals surface area contributed by atoms with Crippen molar-refractivity contribution >= 4 is 28.2 Å². The minimum atomic E-state index is 0.419. The molecule has 3 aromatic rings. The lowest BCUT2D eigenvalue weighted by Gasteiger charge is -2.19. The van der Waals surface area contributed by atoms with E-state index in [2.05, 4.69) is 57.1 Å². The van der Waals surface area contributed by atoms with Crippen molar-refractivity contribution in [1.29, 1.82) is 0 Å². The topological polar surface area (TPSA) is 90.5 Å². The van der Waals surface area contributed by atoms with Gasteiger partial charge in [0.2, 0.25) is 5.95 Å². The summed E-state index contributed by atoms with van der Waals surface area (Å²) in [5, 5.41) is 11.6. The first-order valence-electron chi connectivity index (χ1n) is 11.0. The maximum Gasteiger partial charge on any atom is 0.225 e. The van der Waals surface area contributed by atoms with Crippen LogP contribution in [0.3, 0.4) is 0 Å². The zero-order valence-corrected chi connectivity index (χ0v) is 17.4. The van der Waals surface area contributed by atoms with Gasteiger partial charge in [0.25, 0.3) is 0 Å². The fraction of sp³-hybridized carbons (Fsp3) is 0.435. The maximum atomic E-state index is 4.95. The van der Waals surface area contributed by atoms with Gasteiger partial charge < -0.3 is 20.9 Å². The molecule has 2 aromatic heterocycles. The van der Waals surface area contributed by atoms with Gasteiger partial charge in [-0.2, -0.15) is 4.98 Å². The van der Waals surface area contributed by atoms with Crippen molar-refractivity contribution in [3.63, 3.8) is 0 Å². The second-order valence-corrected chi connectivity index (χ2v) is 8.31. The van der Waals surface area contributed by atoms with Gasteiger partial charge in [0.05, 0.1) is 11.8 Å². The fourth-order valence-corrected chi connectivity index (χ4v) is 4.13. The molecule has 0 amide bonds. The van der Waals surface area contributed by atoms with Crippen LogP contribution in [0.25, 0.3) is 16.5 Å². The maximum absolute atomic E-state index is 4.95. The van der Waals surface area contributed by atoms with Crippen LogP contribution in [0.1, 0.15) is 37.4 Å². The molecule has 30 heavy (non-hydrogen) atoms. The third-order valence-electron chi connectivity index (χ3n) is 6.06. The molecule has 7 heteroatoms. The van der Waals surface area contributed by atoms with Crippen molar-refractivity contribution in [3.8, 4) is 0 Å². The van der Waals surface area contributed by atoms with Crippen LogP contribution in [-0.4, -0.2) is 45.6 Å². The monoisotopic (exact) mass is 403 g/mol. The van der Waals surface area contributed by atoms with Crippen LogP contribution in [0.5, 0.6) is 0 Å². The van der Waals surface area contributed by atoms with Gasteiger partial charge in [-0.25, -0.2) is 9.97 Å². The summed E-state index contributed by atoms with van der Waals surface area (Å²) in [7, 11) is 0. The van der Waals surface area contributed by atoms with Crippen LogP contribution < -0.4 is 16.0 Å². The molecule has 3 heterocycles. The van der Waals surface area contributed by atoms with Crippen LogP contribution >= 0.6 is 0 Å². The van der Waals surface area contributed by atoms with Crippen molar-refractivity contribution in [2.45, 2.75) is 38.6 Å². The Kier molecular flexibility index (Phi) is 5.36. The molecule has 0 radical (unpaired) electrons. The lowest BCUT2D eigenvalue weighted by atomic mass is 9.97. The SMILES string of the molecule is C[C@@H](Nc1nc(NCCc2cnc[nH]2)nc2c(C3=CCNCC3)cccc12)C1CC1. The smallest absolute Gasteiger partial charge is 0.225 e. The number of nitrogens with one attached hydrogen (secondary N) is 4. The number of nitrogens with zero attached hydrogens (tertiary/aromatic N) is 3. The van der Waals surface area contributed by atoms with Gasteiger partial charge >= 0.3 is 0 Å². The van der Waals surface area contributed by atoms with E-state index in [4.69, 9.17) is 9.97 Å². The predicted octanol–water partition coefficient (Wildman–Crippen LogP) is 3.59. The minimum absolute atomic E-state index is 0.419. The van der Waals surface area contributed by atoms with Crippen molar-refractivity contribution in [1.82, 2.24) is 25.3 Å². The Bertz CT molecular complexity index is 1040. The molecule has 1 fully saturated rings. The van der Waals surface area contributed by atoms with Gasteiger partial charge in [-0.05, 0) is 50.3 Å². The summed E-state index contributed by atoms with van der Waals surface area (Å²) in [5.41, 5.74) is 4.71. The molecule has 7 nitrogen and oxygen atoms in total. The third-order valence-corrected chi connectivity index (χ3v) is 6.06. The lowest BCUT2D eigenvalue weighted by Crippen LogP contribution is -2.21. The summed E-state index contributed by atoms with van der Waals surface area (Å²) in [5.74, 6) is 2.36. The van der Waals surface area contributed by atoms with E-state index in [1.165, 1.54) is 24.0 Å². The molecule has 4 N–H and O–H groups in total. The Morgan fingerprint density at radius 1 is 1.23 bits per heavy atom. The lowest BCUT2D eigenvalue weighted by molar-refractivity contribution is 0.691. The van der Waals surface area contributed by atoms with Crippen molar-refractivity contribution < 1.29 is 0 Å². The molecule has 156 valence electrons. The molecular formula is C23H29N7.